The normalized spacial score (nSPS) is 52.8. The summed E-state index contributed by atoms with van der Waals surface area (Å²) in [5, 5.41) is 4.29. The van der Waals surface area contributed by atoms with Gasteiger partial charge in [0.2, 0.25) is 0 Å². The lowest BCUT2D eigenvalue weighted by molar-refractivity contribution is -0.0921. The number of hydrogen-bond donors (Lipinski definition) is 0. The van der Waals surface area contributed by atoms with Crippen LogP contribution in [0.3, 0.4) is 0 Å². The fraction of sp³-hybridized carbons (Fsp3) is 0.950. The molecule has 4 saturated carbocycles. The highest BCUT2D eigenvalue weighted by Gasteiger charge is 2.57. The Morgan fingerprint density at radius 3 is 2.68 bits per heavy atom. The van der Waals surface area contributed by atoms with Gasteiger partial charge < -0.3 is 4.84 Å². The van der Waals surface area contributed by atoms with Gasteiger partial charge in [0.25, 0.3) is 0 Å². The molecule has 0 radical (unpaired) electrons. The lowest BCUT2D eigenvalue weighted by atomic mass is 9.45. The van der Waals surface area contributed by atoms with Crippen molar-refractivity contribution in [2.75, 3.05) is 7.11 Å². The Labute approximate surface area is 136 Å². The maximum atomic E-state index is 5.06. The molecule has 0 amide bonds. The molecule has 6 atom stereocenters. The summed E-state index contributed by atoms with van der Waals surface area (Å²) in [5.41, 5.74) is 2.60. The average Bonchev–Trinajstić information content (AvgIpc) is 2.89. The third-order valence-corrected chi connectivity index (χ3v) is 8.50. The zero-order valence-corrected chi connectivity index (χ0v) is 14.7. The van der Waals surface area contributed by atoms with E-state index in [0.29, 0.717) is 10.8 Å². The van der Waals surface area contributed by atoms with E-state index < -0.39 is 0 Å². The first kappa shape index (κ1) is 15.0. The quantitative estimate of drug-likeness (QED) is 0.593. The van der Waals surface area contributed by atoms with E-state index in [0.717, 1.165) is 23.7 Å². The van der Waals surface area contributed by atoms with Gasteiger partial charge in [0.15, 0.2) is 0 Å². The Bertz CT molecular complexity index is 472. The van der Waals surface area contributed by atoms with E-state index in [-0.39, 0.29) is 0 Å². The second kappa shape index (κ2) is 5.24. The summed E-state index contributed by atoms with van der Waals surface area (Å²) in [5.74, 6) is 3.93. The Morgan fingerprint density at radius 2 is 1.86 bits per heavy atom. The van der Waals surface area contributed by atoms with Crippen LogP contribution in [0.25, 0.3) is 0 Å². The Morgan fingerprint density at radius 1 is 1.00 bits per heavy atom. The van der Waals surface area contributed by atoms with Gasteiger partial charge in [-0.25, -0.2) is 0 Å². The highest BCUT2D eigenvalue weighted by Crippen LogP contribution is 2.65. The molecule has 4 fully saturated rings. The first-order chi connectivity index (χ1) is 10.6. The second-order valence-electron chi connectivity index (χ2n) is 9.29. The van der Waals surface area contributed by atoms with Gasteiger partial charge in [0.05, 0.1) is 5.71 Å². The summed E-state index contributed by atoms with van der Waals surface area (Å²) in [6.45, 7) is 5.25. The highest BCUT2D eigenvalue weighted by atomic mass is 16.6. The predicted octanol–water partition coefficient (Wildman–Crippen LogP) is 5.42. The summed E-state index contributed by atoms with van der Waals surface area (Å²) in [4.78, 5) is 5.06. The Balaban J connectivity index is 1.58. The molecule has 2 heteroatoms. The highest BCUT2D eigenvalue weighted by molar-refractivity contribution is 5.85. The van der Waals surface area contributed by atoms with Gasteiger partial charge >= 0.3 is 0 Å². The molecule has 124 valence electrons. The van der Waals surface area contributed by atoms with Crippen LogP contribution in [0.1, 0.15) is 78.1 Å². The summed E-state index contributed by atoms with van der Waals surface area (Å²) in [6.07, 6.45) is 14.2. The fourth-order valence-electron chi connectivity index (χ4n) is 7.26. The molecular formula is C20H33NO. The van der Waals surface area contributed by atoms with Crippen molar-refractivity contribution in [3.05, 3.63) is 0 Å². The molecule has 2 nitrogen and oxygen atoms in total. The number of rotatable bonds is 1. The van der Waals surface area contributed by atoms with Crippen molar-refractivity contribution in [3.8, 4) is 0 Å². The third-order valence-electron chi connectivity index (χ3n) is 8.50. The van der Waals surface area contributed by atoms with Crippen LogP contribution in [0, 0.1) is 34.5 Å². The zero-order valence-electron chi connectivity index (χ0n) is 14.7. The van der Waals surface area contributed by atoms with Crippen LogP contribution in [-0.2, 0) is 4.84 Å². The van der Waals surface area contributed by atoms with Crippen molar-refractivity contribution in [1.82, 2.24) is 0 Å². The molecule has 0 aromatic heterocycles. The topological polar surface area (TPSA) is 21.6 Å². The van der Waals surface area contributed by atoms with Crippen LogP contribution in [0.4, 0.5) is 0 Å². The molecule has 0 aromatic rings. The average molecular weight is 303 g/mol. The largest absolute Gasteiger partial charge is 0.399 e. The third kappa shape index (κ3) is 2.08. The van der Waals surface area contributed by atoms with Crippen LogP contribution >= 0.6 is 0 Å². The van der Waals surface area contributed by atoms with E-state index in [9.17, 15) is 0 Å². The molecule has 0 saturated heterocycles. The molecule has 4 aliphatic rings. The standard InChI is InChI=1S/C20H33NO/c1-19-10-4-5-17(19)16-7-6-14-13-15(21-22-3)8-12-20(14,2)18(16)9-11-19/h14,16-18H,4-13H2,1-3H3/b21-15+/t14?,16-,17-,18-,19-,20-/m0/s1. The van der Waals surface area contributed by atoms with E-state index >= 15 is 0 Å². The van der Waals surface area contributed by atoms with Crippen molar-refractivity contribution in [1.29, 1.82) is 0 Å². The van der Waals surface area contributed by atoms with Crippen LogP contribution < -0.4 is 0 Å². The molecule has 0 aliphatic heterocycles. The van der Waals surface area contributed by atoms with Gasteiger partial charge in [0, 0.05) is 0 Å². The molecule has 0 aromatic carbocycles. The molecule has 0 spiro atoms. The van der Waals surface area contributed by atoms with Crippen molar-refractivity contribution >= 4 is 5.71 Å². The van der Waals surface area contributed by atoms with Crippen LogP contribution in [0.5, 0.6) is 0 Å². The van der Waals surface area contributed by atoms with Crippen molar-refractivity contribution < 1.29 is 4.84 Å². The van der Waals surface area contributed by atoms with Gasteiger partial charge in [0.1, 0.15) is 7.11 Å². The van der Waals surface area contributed by atoms with Crippen molar-refractivity contribution in [3.63, 3.8) is 0 Å². The molecule has 1 unspecified atom stereocenters. The van der Waals surface area contributed by atoms with E-state index in [1.165, 1.54) is 69.9 Å². The van der Waals surface area contributed by atoms with E-state index in [1.807, 2.05) is 0 Å². The minimum absolute atomic E-state index is 0.583. The van der Waals surface area contributed by atoms with Crippen LogP contribution in [-0.4, -0.2) is 12.8 Å². The first-order valence-electron chi connectivity index (χ1n) is 9.66. The lowest BCUT2D eigenvalue weighted by Gasteiger charge is -2.60. The van der Waals surface area contributed by atoms with Gasteiger partial charge in [-0.05, 0) is 92.3 Å². The van der Waals surface area contributed by atoms with E-state index in [4.69, 9.17) is 4.84 Å². The van der Waals surface area contributed by atoms with Crippen LogP contribution in [0.15, 0.2) is 5.16 Å². The van der Waals surface area contributed by atoms with Gasteiger partial charge in [-0.1, -0.05) is 25.4 Å². The predicted molar refractivity (Wildman–Crippen MR) is 90.8 cm³/mol. The SMILES string of the molecule is CO/N=C1\CC[C@@]2(C)C(CC[C@H]3[C@@H]4CCC[C@@]4(C)CC[C@@H]32)C1. The van der Waals surface area contributed by atoms with Crippen molar-refractivity contribution in [2.45, 2.75) is 78.1 Å². The van der Waals surface area contributed by atoms with Crippen molar-refractivity contribution in [2.24, 2.45) is 39.7 Å². The molecule has 22 heavy (non-hydrogen) atoms. The Kier molecular flexibility index (Phi) is 3.58. The maximum absolute atomic E-state index is 5.06. The maximum Gasteiger partial charge on any atom is 0.106 e. The summed E-state index contributed by atoms with van der Waals surface area (Å²) >= 11 is 0. The molecular weight excluding hydrogens is 270 g/mol. The number of nitrogens with zero attached hydrogens (tertiary/aromatic N) is 1. The molecule has 4 rings (SSSR count). The first-order valence-corrected chi connectivity index (χ1v) is 9.66. The minimum atomic E-state index is 0.583. The zero-order chi connectivity index (χ0) is 15.4. The Hall–Kier alpha value is -0.530. The lowest BCUT2D eigenvalue weighted by Crippen LogP contribution is -2.52. The van der Waals surface area contributed by atoms with E-state index in [1.54, 1.807) is 7.11 Å². The van der Waals surface area contributed by atoms with Gasteiger partial charge in [-0.3, -0.25) is 0 Å². The van der Waals surface area contributed by atoms with Gasteiger partial charge in [-0.2, -0.15) is 0 Å². The van der Waals surface area contributed by atoms with Crippen LogP contribution in [0.2, 0.25) is 0 Å². The number of fused-ring (bicyclic) bond motifs is 5. The molecule has 0 N–H and O–H groups in total. The number of oxime groups is 1. The fourth-order valence-corrected chi connectivity index (χ4v) is 7.26. The molecule has 0 bridgehead atoms. The minimum Gasteiger partial charge on any atom is -0.399 e. The molecule has 0 heterocycles. The monoisotopic (exact) mass is 303 g/mol. The number of hydrogen-bond acceptors (Lipinski definition) is 2. The smallest absolute Gasteiger partial charge is 0.106 e. The van der Waals surface area contributed by atoms with E-state index in [2.05, 4.69) is 19.0 Å². The molecule has 4 aliphatic carbocycles. The summed E-state index contributed by atoms with van der Waals surface area (Å²) in [6, 6.07) is 0. The summed E-state index contributed by atoms with van der Waals surface area (Å²) in [7, 11) is 1.69. The van der Waals surface area contributed by atoms with Gasteiger partial charge in [-0.15, -0.1) is 0 Å². The summed E-state index contributed by atoms with van der Waals surface area (Å²) < 4.78 is 0. The second-order valence-corrected chi connectivity index (χ2v) is 9.29.